The second-order valence-electron chi connectivity index (χ2n) is 8.55. The number of aromatic amines is 1. The zero-order chi connectivity index (χ0) is 19.7. The van der Waals surface area contributed by atoms with Crippen LogP contribution in [0.2, 0.25) is 0 Å². The summed E-state index contributed by atoms with van der Waals surface area (Å²) >= 11 is 0. The highest BCUT2D eigenvalue weighted by Gasteiger charge is 2.49. The molecule has 152 valence electrons. The lowest BCUT2D eigenvalue weighted by atomic mass is 9.77. The Morgan fingerprint density at radius 1 is 1.14 bits per heavy atom. The first-order valence-corrected chi connectivity index (χ1v) is 10.3. The second kappa shape index (κ2) is 7.56. The summed E-state index contributed by atoms with van der Waals surface area (Å²) in [6, 6.07) is 1.27. The molecule has 0 aromatic carbocycles. The Hall–Kier alpha value is -2.38. The topological polar surface area (TPSA) is 95.5 Å². The summed E-state index contributed by atoms with van der Waals surface area (Å²) in [5.41, 5.74) is -1.37. The highest BCUT2D eigenvalue weighted by molar-refractivity contribution is 5.86. The molecule has 1 N–H and O–H groups in total. The molecule has 1 aliphatic carbocycles. The Labute approximate surface area is 163 Å². The van der Waals surface area contributed by atoms with E-state index in [1.165, 1.54) is 36.1 Å². The van der Waals surface area contributed by atoms with Crippen molar-refractivity contribution >= 4 is 11.8 Å². The molecule has 8 nitrogen and oxygen atoms in total. The van der Waals surface area contributed by atoms with E-state index in [0.717, 1.165) is 32.4 Å². The van der Waals surface area contributed by atoms with Gasteiger partial charge in [-0.1, -0.05) is 6.42 Å². The number of aryl methyl sites for hydroxylation is 1. The number of hydrogen-bond donors (Lipinski definition) is 1. The van der Waals surface area contributed by atoms with Crippen molar-refractivity contribution in [3.05, 3.63) is 33.1 Å². The van der Waals surface area contributed by atoms with Crippen LogP contribution in [-0.4, -0.2) is 57.3 Å². The SMILES string of the molecule is O=C(CCn1ccc(=O)[nH]c1=O)N1CCC2(CCCN(CC3CCC3)C2=O)C1. The average Bonchev–Trinajstić information content (AvgIpc) is 3.06. The zero-order valence-corrected chi connectivity index (χ0v) is 16.2. The van der Waals surface area contributed by atoms with Crippen molar-refractivity contribution in [3.63, 3.8) is 0 Å². The van der Waals surface area contributed by atoms with E-state index in [1.54, 1.807) is 4.90 Å². The van der Waals surface area contributed by atoms with Gasteiger partial charge in [0.25, 0.3) is 5.56 Å². The molecule has 1 aromatic heterocycles. The Morgan fingerprint density at radius 2 is 1.96 bits per heavy atom. The van der Waals surface area contributed by atoms with Gasteiger partial charge in [0.1, 0.15) is 0 Å². The van der Waals surface area contributed by atoms with Gasteiger partial charge in [0.2, 0.25) is 11.8 Å². The van der Waals surface area contributed by atoms with Crippen molar-refractivity contribution in [1.29, 1.82) is 0 Å². The van der Waals surface area contributed by atoms with Crippen molar-refractivity contribution in [2.75, 3.05) is 26.2 Å². The molecule has 2 amide bonds. The van der Waals surface area contributed by atoms with E-state index in [2.05, 4.69) is 4.98 Å². The fourth-order valence-corrected chi connectivity index (χ4v) is 4.77. The molecule has 3 heterocycles. The van der Waals surface area contributed by atoms with E-state index in [0.29, 0.717) is 19.0 Å². The van der Waals surface area contributed by atoms with E-state index in [9.17, 15) is 19.2 Å². The van der Waals surface area contributed by atoms with E-state index < -0.39 is 16.7 Å². The molecule has 1 spiro atoms. The largest absolute Gasteiger partial charge is 0.342 e. The maximum Gasteiger partial charge on any atom is 0.328 e. The number of carbonyl (C=O) groups excluding carboxylic acids is 2. The first kappa shape index (κ1) is 19.0. The maximum atomic E-state index is 13.2. The van der Waals surface area contributed by atoms with Crippen LogP contribution in [0.3, 0.4) is 0 Å². The molecular formula is C20H28N4O4. The fraction of sp³-hybridized carbons (Fsp3) is 0.700. The standard InChI is InChI=1S/C20H28N4O4/c25-16-5-10-22(19(28)21-16)11-6-17(26)24-12-8-20(14-24)7-2-9-23(18(20)27)13-15-3-1-4-15/h5,10,15H,1-4,6-9,11-14H2,(H,21,25,28). The molecule has 0 bridgehead atoms. The number of carbonyl (C=O) groups is 2. The van der Waals surface area contributed by atoms with Gasteiger partial charge < -0.3 is 14.4 Å². The van der Waals surface area contributed by atoms with E-state index in [-0.39, 0.29) is 24.8 Å². The van der Waals surface area contributed by atoms with Gasteiger partial charge in [-0.25, -0.2) is 4.79 Å². The molecule has 28 heavy (non-hydrogen) atoms. The Kier molecular flexibility index (Phi) is 5.12. The molecule has 1 unspecified atom stereocenters. The van der Waals surface area contributed by atoms with Crippen molar-refractivity contribution < 1.29 is 9.59 Å². The van der Waals surface area contributed by atoms with Gasteiger partial charge in [0.05, 0.1) is 5.41 Å². The van der Waals surface area contributed by atoms with Crippen molar-refractivity contribution in [3.8, 4) is 0 Å². The zero-order valence-electron chi connectivity index (χ0n) is 16.2. The summed E-state index contributed by atoms with van der Waals surface area (Å²) in [6.45, 7) is 3.04. The number of nitrogens with one attached hydrogen (secondary N) is 1. The lowest BCUT2D eigenvalue weighted by molar-refractivity contribution is -0.147. The minimum Gasteiger partial charge on any atom is -0.342 e. The fourth-order valence-electron chi connectivity index (χ4n) is 4.77. The number of nitrogens with zero attached hydrogens (tertiary/aromatic N) is 3. The van der Waals surface area contributed by atoms with Crippen molar-refractivity contribution in [2.45, 2.75) is 51.5 Å². The van der Waals surface area contributed by atoms with Gasteiger partial charge in [-0.2, -0.15) is 0 Å². The number of hydrogen-bond acceptors (Lipinski definition) is 4. The molecule has 0 radical (unpaired) electrons. The minimum absolute atomic E-state index is 0.0427. The van der Waals surface area contributed by atoms with Gasteiger partial charge in [0, 0.05) is 51.4 Å². The molecule has 8 heteroatoms. The Balaban J connectivity index is 1.35. The Bertz CT molecular complexity index is 871. The number of H-pyrrole nitrogens is 1. The molecule has 1 atom stereocenters. The summed E-state index contributed by atoms with van der Waals surface area (Å²) in [5, 5.41) is 0. The summed E-state index contributed by atoms with van der Waals surface area (Å²) in [7, 11) is 0. The molecular weight excluding hydrogens is 360 g/mol. The van der Waals surface area contributed by atoms with E-state index >= 15 is 0 Å². The van der Waals surface area contributed by atoms with Crippen LogP contribution in [0.4, 0.5) is 0 Å². The summed E-state index contributed by atoms with van der Waals surface area (Å²) in [5.74, 6) is 0.852. The quantitative estimate of drug-likeness (QED) is 0.798. The van der Waals surface area contributed by atoms with Gasteiger partial charge in [-0.05, 0) is 38.0 Å². The third-order valence-corrected chi connectivity index (χ3v) is 6.70. The highest BCUT2D eigenvalue weighted by Crippen LogP contribution is 2.41. The normalized spacial score (nSPS) is 25.4. The molecule has 4 rings (SSSR count). The predicted molar refractivity (Wildman–Crippen MR) is 103 cm³/mol. The van der Waals surface area contributed by atoms with Gasteiger partial charge in [-0.15, -0.1) is 0 Å². The van der Waals surface area contributed by atoms with Crippen LogP contribution in [-0.2, 0) is 16.1 Å². The third-order valence-electron chi connectivity index (χ3n) is 6.70. The number of aromatic nitrogens is 2. The number of rotatable bonds is 5. The number of likely N-dealkylation sites (tertiary alicyclic amines) is 2. The third kappa shape index (κ3) is 3.64. The highest BCUT2D eigenvalue weighted by atomic mass is 16.2. The molecule has 1 aromatic rings. The smallest absolute Gasteiger partial charge is 0.328 e. The first-order valence-electron chi connectivity index (χ1n) is 10.3. The molecule has 1 saturated carbocycles. The molecule has 3 fully saturated rings. The van der Waals surface area contributed by atoms with Crippen LogP contribution >= 0.6 is 0 Å². The summed E-state index contributed by atoms with van der Waals surface area (Å²) in [4.78, 5) is 54.7. The van der Waals surface area contributed by atoms with Gasteiger partial charge >= 0.3 is 5.69 Å². The van der Waals surface area contributed by atoms with Crippen LogP contribution < -0.4 is 11.2 Å². The molecule has 3 aliphatic rings. The molecule has 2 saturated heterocycles. The van der Waals surface area contributed by atoms with Crippen molar-refractivity contribution in [2.24, 2.45) is 11.3 Å². The summed E-state index contributed by atoms with van der Waals surface area (Å²) < 4.78 is 1.33. The van der Waals surface area contributed by atoms with Crippen LogP contribution in [0.25, 0.3) is 0 Å². The van der Waals surface area contributed by atoms with E-state index in [4.69, 9.17) is 0 Å². The van der Waals surface area contributed by atoms with Gasteiger partial charge in [0.15, 0.2) is 0 Å². The molecule has 2 aliphatic heterocycles. The number of piperidine rings is 1. The minimum atomic E-state index is -0.507. The van der Waals surface area contributed by atoms with Crippen LogP contribution in [0, 0.1) is 11.3 Å². The number of amides is 2. The predicted octanol–water partition coefficient (Wildman–Crippen LogP) is 0.568. The second-order valence-corrected chi connectivity index (χ2v) is 8.55. The first-order chi connectivity index (χ1) is 13.5. The monoisotopic (exact) mass is 388 g/mol. The van der Waals surface area contributed by atoms with Crippen LogP contribution in [0.1, 0.15) is 44.9 Å². The van der Waals surface area contributed by atoms with E-state index in [1.807, 2.05) is 4.90 Å². The Morgan fingerprint density at radius 3 is 2.68 bits per heavy atom. The lowest BCUT2D eigenvalue weighted by Crippen LogP contribution is -2.52. The lowest BCUT2D eigenvalue weighted by Gasteiger charge is -2.42. The average molecular weight is 388 g/mol. The summed E-state index contributed by atoms with van der Waals surface area (Å²) in [6.07, 6.45) is 7.92. The maximum absolute atomic E-state index is 13.2. The van der Waals surface area contributed by atoms with Crippen LogP contribution in [0.15, 0.2) is 21.9 Å². The van der Waals surface area contributed by atoms with Gasteiger partial charge in [-0.3, -0.25) is 19.4 Å². The van der Waals surface area contributed by atoms with Crippen LogP contribution in [0.5, 0.6) is 0 Å². The van der Waals surface area contributed by atoms with Crippen molar-refractivity contribution in [1.82, 2.24) is 19.4 Å².